The summed E-state index contributed by atoms with van der Waals surface area (Å²) in [6.07, 6.45) is 1.57. The third-order valence-corrected chi connectivity index (χ3v) is 5.01. The Hall–Kier alpha value is -3.06. The van der Waals surface area contributed by atoms with Crippen LogP contribution in [0.4, 0.5) is 5.13 Å². The molecule has 0 spiro atoms. The van der Waals surface area contributed by atoms with Crippen LogP contribution in [0.5, 0.6) is 0 Å². The van der Waals surface area contributed by atoms with E-state index in [0.29, 0.717) is 36.2 Å². The van der Waals surface area contributed by atoms with Gasteiger partial charge in [0.1, 0.15) is 0 Å². The molecule has 6 nitrogen and oxygen atoms in total. The maximum atomic E-state index is 12.2. The van der Waals surface area contributed by atoms with Crippen molar-refractivity contribution in [2.24, 2.45) is 0 Å². The van der Waals surface area contributed by atoms with Crippen molar-refractivity contribution in [3.05, 3.63) is 60.0 Å². The molecule has 1 N–H and O–H groups in total. The summed E-state index contributed by atoms with van der Waals surface area (Å²) >= 11 is 1.49. The number of hydrogen-bond donors (Lipinski definition) is 1. The number of benzene rings is 2. The SMILES string of the molecule is Cc1ccc2nc(NC(=O)CCCc3nnc(-c4ccccc4)o3)sc2c1. The Morgan fingerprint density at radius 1 is 1.15 bits per heavy atom. The van der Waals surface area contributed by atoms with Crippen LogP contribution in [0, 0.1) is 6.92 Å². The molecule has 0 unspecified atom stereocenters. The monoisotopic (exact) mass is 378 g/mol. The van der Waals surface area contributed by atoms with Gasteiger partial charge in [0.05, 0.1) is 10.2 Å². The van der Waals surface area contributed by atoms with E-state index < -0.39 is 0 Å². The normalized spacial score (nSPS) is 11.0. The summed E-state index contributed by atoms with van der Waals surface area (Å²) in [5, 5.41) is 11.6. The van der Waals surface area contributed by atoms with E-state index in [4.69, 9.17) is 4.42 Å². The van der Waals surface area contributed by atoms with Gasteiger partial charge in [0.15, 0.2) is 5.13 Å². The molecule has 7 heteroatoms. The first-order valence-electron chi connectivity index (χ1n) is 8.72. The molecule has 0 saturated heterocycles. The number of carbonyl (C=O) groups is 1. The van der Waals surface area contributed by atoms with Crippen LogP contribution in [0.25, 0.3) is 21.7 Å². The van der Waals surface area contributed by atoms with Crippen LogP contribution in [0.2, 0.25) is 0 Å². The molecule has 1 amide bonds. The summed E-state index contributed by atoms with van der Waals surface area (Å²) in [5.41, 5.74) is 2.97. The molecular formula is C20H18N4O2S. The lowest BCUT2D eigenvalue weighted by Gasteiger charge is -2.00. The first-order valence-corrected chi connectivity index (χ1v) is 9.54. The van der Waals surface area contributed by atoms with Gasteiger partial charge in [-0.1, -0.05) is 35.6 Å². The van der Waals surface area contributed by atoms with Crippen molar-refractivity contribution in [3.63, 3.8) is 0 Å². The fourth-order valence-corrected chi connectivity index (χ4v) is 3.70. The third kappa shape index (κ3) is 4.20. The molecule has 4 aromatic rings. The average molecular weight is 378 g/mol. The molecule has 0 aliphatic heterocycles. The van der Waals surface area contributed by atoms with E-state index in [9.17, 15) is 4.79 Å². The summed E-state index contributed by atoms with van der Waals surface area (Å²) in [6.45, 7) is 2.04. The Labute approximate surface area is 160 Å². The second-order valence-electron chi connectivity index (χ2n) is 6.26. The Balaban J connectivity index is 1.30. The maximum Gasteiger partial charge on any atom is 0.247 e. The number of nitrogens with zero attached hydrogens (tertiary/aromatic N) is 3. The van der Waals surface area contributed by atoms with Gasteiger partial charge in [-0.15, -0.1) is 10.2 Å². The van der Waals surface area contributed by atoms with Crippen molar-refractivity contribution >= 4 is 32.6 Å². The minimum Gasteiger partial charge on any atom is -0.421 e. The maximum absolute atomic E-state index is 12.2. The molecule has 0 atom stereocenters. The molecule has 0 bridgehead atoms. The Kier molecular flexibility index (Phi) is 4.93. The van der Waals surface area contributed by atoms with Crippen molar-refractivity contribution in [3.8, 4) is 11.5 Å². The van der Waals surface area contributed by atoms with Gasteiger partial charge in [-0.05, 0) is 43.2 Å². The first-order chi connectivity index (χ1) is 13.2. The van der Waals surface area contributed by atoms with Crippen molar-refractivity contribution in [1.82, 2.24) is 15.2 Å². The number of amides is 1. The summed E-state index contributed by atoms with van der Waals surface area (Å²) in [5.74, 6) is 0.977. The highest BCUT2D eigenvalue weighted by Gasteiger charge is 2.11. The molecule has 2 aromatic carbocycles. The summed E-state index contributed by atoms with van der Waals surface area (Å²) < 4.78 is 6.73. The number of carbonyl (C=O) groups excluding carboxylic acids is 1. The highest BCUT2D eigenvalue weighted by molar-refractivity contribution is 7.22. The zero-order chi connectivity index (χ0) is 18.6. The molecule has 4 rings (SSSR count). The minimum absolute atomic E-state index is 0.0615. The molecule has 0 radical (unpaired) electrons. The van der Waals surface area contributed by atoms with E-state index in [0.717, 1.165) is 15.8 Å². The van der Waals surface area contributed by atoms with Gasteiger partial charge in [0.25, 0.3) is 0 Å². The average Bonchev–Trinajstić information content (AvgIpc) is 3.28. The zero-order valence-corrected chi connectivity index (χ0v) is 15.6. The van der Waals surface area contributed by atoms with Gasteiger partial charge in [0.2, 0.25) is 17.7 Å². The number of nitrogens with one attached hydrogen (secondary N) is 1. The molecule has 0 aliphatic carbocycles. The quantitative estimate of drug-likeness (QED) is 0.530. The molecule has 0 aliphatic rings. The van der Waals surface area contributed by atoms with Crippen LogP contribution in [-0.2, 0) is 11.2 Å². The van der Waals surface area contributed by atoms with E-state index in [2.05, 4.69) is 26.6 Å². The fourth-order valence-electron chi connectivity index (χ4n) is 2.72. The summed E-state index contributed by atoms with van der Waals surface area (Å²) in [4.78, 5) is 16.6. The molecule has 2 heterocycles. The number of anilines is 1. The van der Waals surface area contributed by atoms with Crippen LogP contribution >= 0.6 is 11.3 Å². The molecule has 27 heavy (non-hydrogen) atoms. The second kappa shape index (κ2) is 7.67. The van der Waals surface area contributed by atoms with Gasteiger partial charge in [-0.3, -0.25) is 4.79 Å². The number of fused-ring (bicyclic) bond motifs is 1. The predicted molar refractivity (Wildman–Crippen MR) is 106 cm³/mol. The minimum atomic E-state index is -0.0615. The molecule has 2 aromatic heterocycles. The van der Waals surface area contributed by atoms with Crippen LogP contribution in [0.3, 0.4) is 0 Å². The standard InChI is InChI=1S/C20H18N4O2S/c1-13-10-11-15-16(12-13)27-20(21-15)22-17(25)8-5-9-18-23-24-19(26-18)14-6-3-2-4-7-14/h2-4,6-7,10-12H,5,8-9H2,1H3,(H,21,22,25). The fraction of sp³-hybridized carbons (Fsp3) is 0.200. The predicted octanol–water partition coefficient (Wildman–Crippen LogP) is 4.62. The van der Waals surface area contributed by atoms with Crippen molar-refractivity contribution in [2.45, 2.75) is 26.2 Å². The Morgan fingerprint density at radius 2 is 2.00 bits per heavy atom. The molecular weight excluding hydrogens is 360 g/mol. The smallest absolute Gasteiger partial charge is 0.247 e. The van der Waals surface area contributed by atoms with Gasteiger partial charge < -0.3 is 9.73 Å². The Morgan fingerprint density at radius 3 is 2.85 bits per heavy atom. The van der Waals surface area contributed by atoms with Crippen molar-refractivity contribution < 1.29 is 9.21 Å². The molecule has 0 fully saturated rings. The van der Waals surface area contributed by atoms with Gasteiger partial charge in [-0.2, -0.15) is 0 Å². The van der Waals surface area contributed by atoms with E-state index in [1.54, 1.807) is 0 Å². The van der Waals surface area contributed by atoms with Crippen LogP contribution in [0.1, 0.15) is 24.3 Å². The topological polar surface area (TPSA) is 80.9 Å². The number of rotatable bonds is 6. The lowest BCUT2D eigenvalue weighted by atomic mass is 10.2. The second-order valence-corrected chi connectivity index (χ2v) is 7.29. The van der Waals surface area contributed by atoms with E-state index in [1.807, 2.05) is 49.4 Å². The number of aryl methyl sites for hydroxylation is 2. The lowest BCUT2D eigenvalue weighted by Crippen LogP contribution is -2.11. The van der Waals surface area contributed by atoms with Crippen molar-refractivity contribution in [2.75, 3.05) is 5.32 Å². The third-order valence-electron chi connectivity index (χ3n) is 4.07. The first kappa shape index (κ1) is 17.4. The molecule has 136 valence electrons. The van der Waals surface area contributed by atoms with E-state index >= 15 is 0 Å². The number of hydrogen-bond acceptors (Lipinski definition) is 6. The van der Waals surface area contributed by atoms with Crippen LogP contribution < -0.4 is 5.32 Å². The summed E-state index contributed by atoms with van der Waals surface area (Å²) in [6, 6.07) is 15.7. The van der Waals surface area contributed by atoms with Gasteiger partial charge in [-0.25, -0.2) is 4.98 Å². The largest absolute Gasteiger partial charge is 0.421 e. The molecule has 0 saturated carbocycles. The highest BCUT2D eigenvalue weighted by Crippen LogP contribution is 2.26. The van der Waals surface area contributed by atoms with E-state index in [-0.39, 0.29) is 5.91 Å². The number of aromatic nitrogens is 3. The Bertz CT molecular complexity index is 1070. The van der Waals surface area contributed by atoms with Crippen molar-refractivity contribution in [1.29, 1.82) is 0 Å². The summed E-state index contributed by atoms with van der Waals surface area (Å²) in [7, 11) is 0. The van der Waals surface area contributed by atoms with Gasteiger partial charge >= 0.3 is 0 Å². The highest BCUT2D eigenvalue weighted by atomic mass is 32.1. The lowest BCUT2D eigenvalue weighted by molar-refractivity contribution is -0.116. The zero-order valence-electron chi connectivity index (χ0n) is 14.8. The van der Waals surface area contributed by atoms with Crippen LogP contribution in [0.15, 0.2) is 52.9 Å². The van der Waals surface area contributed by atoms with Gasteiger partial charge in [0, 0.05) is 18.4 Å². The number of thiazole rings is 1. The van der Waals surface area contributed by atoms with E-state index in [1.165, 1.54) is 16.9 Å². The van der Waals surface area contributed by atoms with Crippen LogP contribution in [-0.4, -0.2) is 21.1 Å².